The lowest BCUT2D eigenvalue weighted by Gasteiger charge is -2.25. The number of hydrogen-bond acceptors (Lipinski definition) is 3. The van der Waals surface area contributed by atoms with Gasteiger partial charge in [-0.05, 0) is 73.0 Å². The van der Waals surface area contributed by atoms with E-state index in [1.165, 1.54) is 9.13 Å². The minimum atomic E-state index is -0.454. The summed E-state index contributed by atoms with van der Waals surface area (Å²) in [5.41, 5.74) is 1.17. The van der Waals surface area contributed by atoms with Gasteiger partial charge in [0.15, 0.2) is 6.10 Å². The molecule has 0 saturated heterocycles. The molecule has 0 aromatic heterocycles. The number of hydrogen-bond donors (Lipinski definition) is 0. The van der Waals surface area contributed by atoms with Crippen molar-refractivity contribution in [2.45, 2.75) is 38.9 Å². The monoisotopic (exact) mass is 346 g/mol. The lowest BCUT2D eigenvalue weighted by atomic mass is 10.0. The van der Waals surface area contributed by atoms with Crippen LogP contribution in [0.4, 0.5) is 0 Å². The van der Waals surface area contributed by atoms with Crippen LogP contribution in [0.15, 0.2) is 18.2 Å². The van der Waals surface area contributed by atoms with Crippen molar-refractivity contribution in [3.05, 3.63) is 27.3 Å². The predicted octanol–water partition coefficient (Wildman–Crippen LogP) is 2.94. The van der Waals surface area contributed by atoms with E-state index < -0.39 is 6.10 Å². The van der Waals surface area contributed by atoms with Gasteiger partial charge in [0.05, 0.1) is 6.10 Å². The molecule has 1 aliphatic rings. The molecule has 92 valence electrons. The third-order valence-corrected chi connectivity index (χ3v) is 3.25. The first kappa shape index (κ1) is 12.7. The van der Waals surface area contributed by atoms with Gasteiger partial charge >= 0.3 is 5.97 Å². The Balaban J connectivity index is 2.08. The van der Waals surface area contributed by atoms with E-state index in [0.717, 1.165) is 12.2 Å². The summed E-state index contributed by atoms with van der Waals surface area (Å²) in [4.78, 5) is 11.7. The number of halogens is 1. The lowest BCUT2D eigenvalue weighted by Crippen LogP contribution is -2.34. The van der Waals surface area contributed by atoms with E-state index in [-0.39, 0.29) is 12.1 Å². The highest BCUT2D eigenvalue weighted by molar-refractivity contribution is 14.1. The van der Waals surface area contributed by atoms with Crippen LogP contribution in [0.5, 0.6) is 5.75 Å². The van der Waals surface area contributed by atoms with Crippen molar-refractivity contribution >= 4 is 28.6 Å². The fraction of sp³-hybridized carbons (Fsp3) is 0.462. The third-order valence-electron chi connectivity index (χ3n) is 2.58. The van der Waals surface area contributed by atoms with E-state index in [1.807, 2.05) is 26.0 Å². The Kier molecular flexibility index (Phi) is 3.91. The van der Waals surface area contributed by atoms with Gasteiger partial charge in [-0.25, -0.2) is 4.79 Å². The van der Waals surface area contributed by atoms with Crippen molar-refractivity contribution in [3.8, 4) is 5.75 Å². The number of esters is 1. The molecule has 0 radical (unpaired) electrons. The first-order valence-electron chi connectivity index (χ1n) is 5.72. The van der Waals surface area contributed by atoms with Crippen LogP contribution in [0.2, 0.25) is 0 Å². The molecule has 3 nitrogen and oxygen atoms in total. The van der Waals surface area contributed by atoms with Gasteiger partial charge in [-0.15, -0.1) is 0 Å². The number of rotatable bonds is 2. The average molecular weight is 346 g/mol. The normalized spacial score (nSPS) is 18.5. The predicted molar refractivity (Wildman–Crippen MR) is 73.1 cm³/mol. The molecule has 17 heavy (non-hydrogen) atoms. The second-order valence-corrected chi connectivity index (χ2v) is 5.63. The Hall–Kier alpha value is -0.780. The molecular formula is C13H15IO3. The van der Waals surface area contributed by atoms with Crippen LogP contribution in [0.25, 0.3) is 0 Å². The number of carbonyl (C=O) groups is 1. The summed E-state index contributed by atoms with van der Waals surface area (Å²) >= 11 is 2.27. The van der Waals surface area contributed by atoms with Gasteiger partial charge in [0, 0.05) is 3.57 Å². The van der Waals surface area contributed by atoms with Crippen LogP contribution in [0.1, 0.15) is 25.8 Å². The number of aryl methyl sites for hydroxylation is 1. The lowest BCUT2D eigenvalue weighted by molar-refractivity contribution is -0.156. The zero-order valence-corrected chi connectivity index (χ0v) is 12.1. The number of benzene rings is 1. The quantitative estimate of drug-likeness (QED) is 0.610. The Bertz CT molecular complexity index is 429. The highest BCUT2D eigenvalue weighted by Crippen LogP contribution is 2.29. The number of carbonyl (C=O) groups excluding carboxylic acids is 1. The van der Waals surface area contributed by atoms with E-state index in [2.05, 4.69) is 28.7 Å². The van der Waals surface area contributed by atoms with Crippen molar-refractivity contribution < 1.29 is 14.3 Å². The molecule has 0 spiro atoms. The molecule has 0 amide bonds. The van der Waals surface area contributed by atoms with Crippen LogP contribution in [-0.2, 0) is 16.0 Å². The van der Waals surface area contributed by atoms with Crippen molar-refractivity contribution in [2.24, 2.45) is 0 Å². The molecule has 0 fully saturated rings. The van der Waals surface area contributed by atoms with Gasteiger partial charge in [0.2, 0.25) is 0 Å². The van der Waals surface area contributed by atoms with Crippen molar-refractivity contribution in [2.75, 3.05) is 0 Å². The summed E-state index contributed by atoms with van der Waals surface area (Å²) in [5, 5.41) is 0. The molecule has 0 saturated carbocycles. The van der Waals surface area contributed by atoms with Gasteiger partial charge in [-0.2, -0.15) is 0 Å². The molecule has 4 heteroatoms. The van der Waals surface area contributed by atoms with E-state index in [0.29, 0.717) is 6.42 Å². The van der Waals surface area contributed by atoms with Crippen molar-refractivity contribution in [1.82, 2.24) is 0 Å². The highest BCUT2D eigenvalue weighted by Gasteiger charge is 2.27. The molecule has 1 aromatic rings. The Labute approximate surface area is 115 Å². The van der Waals surface area contributed by atoms with E-state index in [1.54, 1.807) is 0 Å². The molecule has 0 N–H and O–H groups in total. The van der Waals surface area contributed by atoms with Gasteiger partial charge in [-0.3, -0.25) is 0 Å². The minimum absolute atomic E-state index is 0.0933. The maximum atomic E-state index is 11.7. The van der Waals surface area contributed by atoms with Crippen LogP contribution in [0.3, 0.4) is 0 Å². The van der Waals surface area contributed by atoms with Crippen molar-refractivity contribution in [3.63, 3.8) is 0 Å². The summed E-state index contributed by atoms with van der Waals surface area (Å²) in [6.07, 6.45) is 1.01. The molecule has 0 bridgehead atoms. The molecule has 1 aliphatic heterocycles. The fourth-order valence-corrected chi connectivity index (χ4v) is 2.39. The molecule has 0 aliphatic carbocycles. The average Bonchev–Trinajstić information content (AvgIpc) is 2.27. The zero-order chi connectivity index (χ0) is 12.4. The largest absolute Gasteiger partial charge is 0.478 e. The maximum absolute atomic E-state index is 11.7. The first-order valence-corrected chi connectivity index (χ1v) is 6.79. The van der Waals surface area contributed by atoms with Crippen LogP contribution < -0.4 is 4.74 Å². The molecule has 2 rings (SSSR count). The second kappa shape index (κ2) is 5.25. The van der Waals surface area contributed by atoms with E-state index >= 15 is 0 Å². The van der Waals surface area contributed by atoms with E-state index in [9.17, 15) is 4.79 Å². The standard InChI is InChI=1S/C13H15IO3/c1-8(2)16-13(15)12-5-3-9-7-10(14)4-6-11(9)17-12/h4,6-8,12H,3,5H2,1-2H3. The molecule has 1 unspecified atom stereocenters. The number of ether oxygens (including phenoxy) is 2. The third kappa shape index (κ3) is 3.12. The van der Waals surface area contributed by atoms with Crippen LogP contribution >= 0.6 is 22.6 Å². The molecular weight excluding hydrogens is 331 g/mol. The summed E-state index contributed by atoms with van der Waals surface area (Å²) < 4.78 is 12.0. The van der Waals surface area contributed by atoms with E-state index in [4.69, 9.17) is 9.47 Å². The van der Waals surface area contributed by atoms with Crippen molar-refractivity contribution in [1.29, 1.82) is 0 Å². The van der Waals surface area contributed by atoms with Gasteiger partial charge in [0.25, 0.3) is 0 Å². The summed E-state index contributed by atoms with van der Waals surface area (Å²) in [6, 6.07) is 6.00. The molecule has 1 atom stereocenters. The minimum Gasteiger partial charge on any atom is -0.478 e. The van der Waals surface area contributed by atoms with Crippen LogP contribution in [-0.4, -0.2) is 18.2 Å². The fourth-order valence-electron chi connectivity index (χ4n) is 1.83. The summed E-state index contributed by atoms with van der Waals surface area (Å²) in [7, 11) is 0. The topological polar surface area (TPSA) is 35.5 Å². The molecule has 1 aromatic carbocycles. The van der Waals surface area contributed by atoms with Gasteiger partial charge < -0.3 is 9.47 Å². The van der Waals surface area contributed by atoms with Crippen LogP contribution in [0, 0.1) is 3.57 Å². The zero-order valence-electron chi connectivity index (χ0n) is 9.90. The van der Waals surface area contributed by atoms with Gasteiger partial charge in [0.1, 0.15) is 5.75 Å². The molecule has 1 heterocycles. The number of fused-ring (bicyclic) bond motifs is 1. The summed E-state index contributed by atoms with van der Waals surface area (Å²) in [5.74, 6) is 0.548. The summed E-state index contributed by atoms with van der Waals surface area (Å²) in [6.45, 7) is 3.69. The first-order chi connectivity index (χ1) is 8.06. The second-order valence-electron chi connectivity index (χ2n) is 4.38. The SMILES string of the molecule is CC(C)OC(=O)C1CCc2cc(I)ccc2O1. The Morgan fingerprint density at radius 2 is 2.29 bits per heavy atom. The smallest absolute Gasteiger partial charge is 0.347 e. The maximum Gasteiger partial charge on any atom is 0.347 e. The van der Waals surface area contributed by atoms with Gasteiger partial charge in [-0.1, -0.05) is 0 Å². The highest BCUT2D eigenvalue weighted by atomic mass is 127. The Morgan fingerprint density at radius 3 is 3.00 bits per heavy atom. The Morgan fingerprint density at radius 1 is 1.53 bits per heavy atom.